The molecule has 3 rings (SSSR count). The zero-order valence-corrected chi connectivity index (χ0v) is 11.7. The number of nitrogens with zero attached hydrogens (tertiary/aromatic N) is 1. The summed E-state index contributed by atoms with van der Waals surface area (Å²) in [5, 5.41) is 0. The summed E-state index contributed by atoms with van der Waals surface area (Å²) in [5.41, 5.74) is 6.34. The van der Waals surface area contributed by atoms with Gasteiger partial charge in [0.1, 0.15) is 0 Å². The predicted molar refractivity (Wildman–Crippen MR) is 75.2 cm³/mol. The van der Waals surface area contributed by atoms with Gasteiger partial charge in [-0.1, -0.05) is 12.1 Å². The molecule has 0 heterocycles. The second kappa shape index (κ2) is 5.78. The van der Waals surface area contributed by atoms with E-state index >= 15 is 0 Å². The number of benzene rings is 1. The van der Waals surface area contributed by atoms with Crippen molar-refractivity contribution >= 4 is 0 Å². The average Bonchev–Trinajstić information content (AvgIpc) is 3.29. The van der Waals surface area contributed by atoms with Gasteiger partial charge in [-0.15, -0.1) is 0 Å². The normalized spacial score (nSPS) is 20.4. The molecule has 0 bridgehead atoms. The molecule has 0 aliphatic heterocycles. The Hall–Kier alpha value is -1.00. The highest BCUT2D eigenvalue weighted by Gasteiger charge is 2.33. The van der Waals surface area contributed by atoms with E-state index in [0.717, 1.165) is 25.1 Å². The Morgan fingerprint density at radius 3 is 2.60 bits per heavy atom. The van der Waals surface area contributed by atoms with E-state index in [9.17, 15) is 8.78 Å². The van der Waals surface area contributed by atoms with Crippen LogP contribution in [-0.4, -0.2) is 24.0 Å². The van der Waals surface area contributed by atoms with Crippen molar-refractivity contribution in [1.29, 1.82) is 0 Å². The van der Waals surface area contributed by atoms with Gasteiger partial charge in [0.2, 0.25) is 0 Å². The van der Waals surface area contributed by atoms with Crippen LogP contribution in [0.4, 0.5) is 8.78 Å². The fourth-order valence-electron chi connectivity index (χ4n) is 2.76. The highest BCUT2D eigenvalue weighted by molar-refractivity contribution is 5.22. The molecule has 0 radical (unpaired) electrons. The van der Waals surface area contributed by atoms with Gasteiger partial charge < -0.3 is 10.6 Å². The van der Waals surface area contributed by atoms with Gasteiger partial charge in [0.15, 0.2) is 11.6 Å². The minimum atomic E-state index is -0.810. The van der Waals surface area contributed by atoms with E-state index in [1.807, 2.05) is 0 Å². The molecule has 1 unspecified atom stereocenters. The molecule has 2 aliphatic rings. The molecule has 0 amide bonds. The van der Waals surface area contributed by atoms with Crippen molar-refractivity contribution in [3.05, 3.63) is 35.4 Å². The van der Waals surface area contributed by atoms with Gasteiger partial charge in [0.25, 0.3) is 0 Å². The zero-order chi connectivity index (χ0) is 14.1. The summed E-state index contributed by atoms with van der Waals surface area (Å²) < 4.78 is 26.9. The third-order valence-electron chi connectivity index (χ3n) is 4.36. The van der Waals surface area contributed by atoms with Crippen molar-refractivity contribution in [2.24, 2.45) is 11.7 Å². The Morgan fingerprint density at radius 2 is 1.95 bits per heavy atom. The van der Waals surface area contributed by atoms with Crippen molar-refractivity contribution in [3.63, 3.8) is 0 Å². The van der Waals surface area contributed by atoms with Crippen LogP contribution in [0, 0.1) is 17.6 Å². The van der Waals surface area contributed by atoms with E-state index in [1.54, 1.807) is 6.07 Å². The Labute approximate surface area is 118 Å². The molecule has 20 heavy (non-hydrogen) atoms. The van der Waals surface area contributed by atoms with Crippen LogP contribution < -0.4 is 5.73 Å². The van der Waals surface area contributed by atoms with E-state index in [4.69, 9.17) is 5.73 Å². The quantitative estimate of drug-likeness (QED) is 0.831. The molecular weight excluding hydrogens is 258 g/mol. The molecule has 0 aromatic heterocycles. The lowest BCUT2D eigenvalue weighted by Crippen LogP contribution is -2.31. The van der Waals surface area contributed by atoms with Crippen LogP contribution in [0.3, 0.4) is 0 Å². The first-order valence-corrected chi connectivity index (χ1v) is 7.58. The molecular formula is C16H22F2N2. The lowest BCUT2D eigenvalue weighted by Gasteiger charge is -2.24. The van der Waals surface area contributed by atoms with E-state index in [2.05, 4.69) is 4.90 Å². The summed E-state index contributed by atoms with van der Waals surface area (Å²) >= 11 is 0. The minimum Gasteiger partial charge on any atom is -0.324 e. The van der Waals surface area contributed by atoms with Crippen molar-refractivity contribution in [2.75, 3.05) is 13.1 Å². The number of halogens is 2. The largest absolute Gasteiger partial charge is 0.324 e. The summed E-state index contributed by atoms with van der Waals surface area (Å²) in [6.45, 7) is 2.04. The SMILES string of the molecule is NC(CCN(CC1CC1)C1CC1)c1cccc(F)c1F. The van der Waals surface area contributed by atoms with E-state index in [-0.39, 0.29) is 0 Å². The zero-order valence-electron chi connectivity index (χ0n) is 11.7. The molecule has 2 saturated carbocycles. The smallest absolute Gasteiger partial charge is 0.163 e. The van der Waals surface area contributed by atoms with Crippen LogP contribution >= 0.6 is 0 Å². The summed E-state index contributed by atoms with van der Waals surface area (Å²) in [5.74, 6) is -0.743. The highest BCUT2D eigenvalue weighted by atomic mass is 19.2. The van der Waals surface area contributed by atoms with Crippen LogP contribution in [0.2, 0.25) is 0 Å². The van der Waals surface area contributed by atoms with Gasteiger partial charge in [0, 0.05) is 30.7 Å². The molecule has 4 heteroatoms. The number of hydrogen-bond acceptors (Lipinski definition) is 2. The molecule has 1 aromatic carbocycles. The molecule has 2 N–H and O–H groups in total. The lowest BCUT2D eigenvalue weighted by molar-refractivity contribution is 0.242. The summed E-state index contributed by atoms with van der Waals surface area (Å²) in [4.78, 5) is 2.49. The Morgan fingerprint density at radius 1 is 1.20 bits per heavy atom. The van der Waals surface area contributed by atoms with Gasteiger partial charge in [0.05, 0.1) is 0 Å². The number of nitrogens with two attached hydrogens (primary N) is 1. The Kier molecular flexibility index (Phi) is 4.03. The number of hydrogen-bond donors (Lipinski definition) is 1. The molecule has 2 nitrogen and oxygen atoms in total. The fourth-order valence-corrected chi connectivity index (χ4v) is 2.76. The van der Waals surface area contributed by atoms with E-state index < -0.39 is 17.7 Å². The van der Waals surface area contributed by atoms with Gasteiger partial charge in [-0.2, -0.15) is 0 Å². The molecule has 2 fully saturated rings. The van der Waals surface area contributed by atoms with Crippen molar-refractivity contribution < 1.29 is 8.78 Å². The summed E-state index contributed by atoms with van der Waals surface area (Å²) in [6.07, 6.45) is 5.91. The predicted octanol–water partition coefficient (Wildman–Crippen LogP) is 3.23. The van der Waals surface area contributed by atoms with Gasteiger partial charge >= 0.3 is 0 Å². The van der Waals surface area contributed by atoms with Gasteiger partial charge in [-0.25, -0.2) is 8.78 Å². The van der Waals surface area contributed by atoms with Crippen LogP contribution in [0.25, 0.3) is 0 Å². The summed E-state index contributed by atoms with van der Waals surface area (Å²) in [6, 6.07) is 4.53. The maximum absolute atomic E-state index is 13.7. The molecule has 0 spiro atoms. The Balaban J connectivity index is 1.57. The monoisotopic (exact) mass is 280 g/mol. The molecule has 2 aliphatic carbocycles. The third-order valence-corrected chi connectivity index (χ3v) is 4.36. The molecule has 1 aromatic rings. The number of rotatable bonds is 7. The van der Waals surface area contributed by atoms with Crippen molar-refractivity contribution in [2.45, 2.75) is 44.2 Å². The van der Waals surface area contributed by atoms with Crippen LogP contribution in [-0.2, 0) is 0 Å². The van der Waals surface area contributed by atoms with Crippen molar-refractivity contribution in [3.8, 4) is 0 Å². The maximum atomic E-state index is 13.7. The average molecular weight is 280 g/mol. The second-order valence-corrected chi connectivity index (χ2v) is 6.21. The molecule has 1 atom stereocenters. The maximum Gasteiger partial charge on any atom is 0.163 e. The third kappa shape index (κ3) is 3.36. The van der Waals surface area contributed by atoms with Crippen LogP contribution in [0.1, 0.15) is 43.7 Å². The molecule has 0 saturated heterocycles. The second-order valence-electron chi connectivity index (χ2n) is 6.21. The molecule has 110 valence electrons. The minimum absolute atomic E-state index is 0.298. The van der Waals surface area contributed by atoms with Gasteiger partial charge in [-0.05, 0) is 44.1 Å². The highest BCUT2D eigenvalue weighted by Crippen LogP contribution is 2.35. The van der Waals surface area contributed by atoms with E-state index in [1.165, 1.54) is 31.7 Å². The van der Waals surface area contributed by atoms with Gasteiger partial charge in [-0.3, -0.25) is 0 Å². The first kappa shape index (κ1) is 14.0. The first-order valence-electron chi connectivity index (χ1n) is 7.58. The standard InChI is InChI=1S/C16H22F2N2/c17-14-3-1-2-13(16(14)18)15(19)8-9-20(12-6-7-12)10-11-4-5-11/h1-3,11-12,15H,4-10,19H2. The fraction of sp³-hybridized carbons (Fsp3) is 0.625. The van der Waals surface area contributed by atoms with Crippen molar-refractivity contribution in [1.82, 2.24) is 4.90 Å². The first-order chi connectivity index (χ1) is 9.65. The van der Waals surface area contributed by atoms with E-state index in [0.29, 0.717) is 18.0 Å². The van der Waals surface area contributed by atoms with Crippen LogP contribution in [0.5, 0.6) is 0 Å². The Bertz CT molecular complexity index is 470. The van der Waals surface area contributed by atoms with Crippen LogP contribution in [0.15, 0.2) is 18.2 Å². The summed E-state index contributed by atoms with van der Waals surface area (Å²) in [7, 11) is 0. The lowest BCUT2D eigenvalue weighted by atomic mass is 10.0. The topological polar surface area (TPSA) is 29.3 Å².